The molecule has 0 saturated carbocycles. The van der Waals surface area contributed by atoms with Crippen LogP contribution in [0.3, 0.4) is 0 Å². The molecule has 122 valence electrons. The number of hydrogen-bond acceptors (Lipinski definition) is 3. The number of amides is 1. The van der Waals surface area contributed by atoms with Crippen LogP contribution in [0.2, 0.25) is 0 Å². The number of likely N-dealkylation sites (tertiary alicyclic amines) is 1. The van der Waals surface area contributed by atoms with Crippen molar-refractivity contribution in [1.29, 1.82) is 0 Å². The molecule has 2 fully saturated rings. The lowest BCUT2D eigenvalue weighted by molar-refractivity contribution is -0.181. The SMILES string of the molecule is Cc1[nH]c2cccc(F)c2c1C(=O)N1CCC2(CC1)OCCO2. The number of rotatable bonds is 1. The summed E-state index contributed by atoms with van der Waals surface area (Å²) in [6, 6.07) is 4.81. The van der Waals surface area contributed by atoms with Gasteiger partial charge >= 0.3 is 0 Å². The van der Waals surface area contributed by atoms with E-state index in [4.69, 9.17) is 9.47 Å². The number of benzene rings is 1. The van der Waals surface area contributed by atoms with Gasteiger partial charge in [-0.25, -0.2) is 4.39 Å². The Morgan fingerprint density at radius 1 is 1.26 bits per heavy atom. The van der Waals surface area contributed by atoms with Gasteiger partial charge in [0.1, 0.15) is 5.82 Å². The van der Waals surface area contributed by atoms with Gasteiger partial charge in [0.25, 0.3) is 5.91 Å². The maximum absolute atomic E-state index is 14.2. The Morgan fingerprint density at radius 2 is 1.96 bits per heavy atom. The van der Waals surface area contributed by atoms with Crippen LogP contribution in [0.4, 0.5) is 4.39 Å². The van der Waals surface area contributed by atoms with E-state index in [1.54, 1.807) is 24.0 Å². The molecule has 23 heavy (non-hydrogen) atoms. The van der Waals surface area contributed by atoms with E-state index in [-0.39, 0.29) is 11.7 Å². The topological polar surface area (TPSA) is 54.6 Å². The zero-order valence-electron chi connectivity index (χ0n) is 13.0. The maximum Gasteiger partial charge on any atom is 0.256 e. The van der Waals surface area contributed by atoms with Gasteiger partial charge in [0.2, 0.25) is 0 Å². The Kier molecular flexibility index (Phi) is 3.39. The van der Waals surface area contributed by atoms with E-state index in [1.807, 2.05) is 0 Å². The van der Waals surface area contributed by atoms with Crippen LogP contribution in [-0.4, -0.2) is 47.9 Å². The molecule has 1 N–H and O–H groups in total. The van der Waals surface area contributed by atoms with E-state index in [0.717, 1.165) is 0 Å². The highest BCUT2D eigenvalue weighted by molar-refractivity contribution is 6.08. The van der Waals surface area contributed by atoms with Gasteiger partial charge in [-0.2, -0.15) is 0 Å². The van der Waals surface area contributed by atoms with Crippen LogP contribution in [0, 0.1) is 12.7 Å². The van der Waals surface area contributed by atoms with Crippen molar-refractivity contribution in [3.63, 3.8) is 0 Å². The van der Waals surface area contributed by atoms with Crippen molar-refractivity contribution in [3.8, 4) is 0 Å². The number of fused-ring (bicyclic) bond motifs is 1. The van der Waals surface area contributed by atoms with E-state index in [9.17, 15) is 9.18 Å². The molecule has 4 rings (SSSR count). The lowest BCUT2D eigenvalue weighted by Gasteiger charge is -2.37. The minimum absolute atomic E-state index is 0.133. The predicted molar refractivity (Wildman–Crippen MR) is 82.8 cm³/mol. The Hall–Kier alpha value is -1.92. The predicted octanol–water partition coefficient (Wildman–Crippen LogP) is 2.59. The van der Waals surface area contributed by atoms with E-state index < -0.39 is 5.79 Å². The molecule has 5 nitrogen and oxygen atoms in total. The third-order valence-electron chi connectivity index (χ3n) is 4.80. The van der Waals surface area contributed by atoms with E-state index in [2.05, 4.69) is 4.98 Å². The Bertz CT molecular complexity index is 755. The fourth-order valence-corrected chi connectivity index (χ4v) is 3.60. The van der Waals surface area contributed by atoms with Crippen LogP contribution in [0.25, 0.3) is 10.9 Å². The third kappa shape index (κ3) is 2.33. The summed E-state index contributed by atoms with van der Waals surface area (Å²) in [6.07, 6.45) is 1.31. The number of carbonyl (C=O) groups excluding carboxylic acids is 1. The van der Waals surface area contributed by atoms with Gasteiger partial charge in [-0.15, -0.1) is 0 Å². The van der Waals surface area contributed by atoms with E-state index in [0.29, 0.717) is 61.3 Å². The molecule has 1 aromatic heterocycles. The Labute approximate surface area is 133 Å². The van der Waals surface area contributed by atoms with Crippen molar-refractivity contribution < 1.29 is 18.7 Å². The number of ether oxygens (including phenoxy) is 2. The largest absolute Gasteiger partial charge is 0.358 e. The molecule has 2 aromatic rings. The number of aromatic nitrogens is 1. The number of carbonyl (C=O) groups is 1. The summed E-state index contributed by atoms with van der Waals surface area (Å²) in [7, 11) is 0. The zero-order chi connectivity index (χ0) is 16.0. The summed E-state index contributed by atoms with van der Waals surface area (Å²) in [5.74, 6) is -1.02. The van der Waals surface area contributed by atoms with E-state index in [1.165, 1.54) is 6.07 Å². The van der Waals surface area contributed by atoms with Gasteiger partial charge < -0.3 is 19.4 Å². The Balaban J connectivity index is 1.62. The number of aromatic amines is 1. The van der Waals surface area contributed by atoms with Crippen LogP contribution < -0.4 is 0 Å². The lowest BCUT2D eigenvalue weighted by Crippen LogP contribution is -2.47. The van der Waals surface area contributed by atoms with Crippen molar-refractivity contribution in [2.45, 2.75) is 25.6 Å². The molecule has 1 amide bonds. The molecule has 1 spiro atoms. The summed E-state index contributed by atoms with van der Waals surface area (Å²) < 4.78 is 25.6. The first-order valence-corrected chi connectivity index (χ1v) is 7.94. The molecule has 0 unspecified atom stereocenters. The summed E-state index contributed by atoms with van der Waals surface area (Å²) in [4.78, 5) is 17.8. The lowest BCUT2D eigenvalue weighted by atomic mass is 10.0. The highest BCUT2D eigenvalue weighted by atomic mass is 19.1. The minimum Gasteiger partial charge on any atom is -0.358 e. The molecular formula is C17H19FN2O3. The van der Waals surface area contributed by atoms with Gasteiger partial charge in [0, 0.05) is 42.5 Å². The number of aryl methyl sites for hydroxylation is 1. The molecule has 1 aromatic carbocycles. The number of halogens is 1. The average molecular weight is 318 g/mol. The van der Waals surface area contributed by atoms with Gasteiger partial charge in [0.05, 0.1) is 18.8 Å². The van der Waals surface area contributed by atoms with Crippen molar-refractivity contribution in [1.82, 2.24) is 9.88 Å². The van der Waals surface area contributed by atoms with E-state index >= 15 is 0 Å². The second-order valence-corrected chi connectivity index (χ2v) is 6.19. The molecule has 2 aliphatic heterocycles. The highest BCUT2D eigenvalue weighted by Gasteiger charge is 2.41. The van der Waals surface area contributed by atoms with Crippen LogP contribution in [0.15, 0.2) is 18.2 Å². The highest BCUT2D eigenvalue weighted by Crippen LogP contribution is 2.33. The van der Waals surface area contributed by atoms with Crippen LogP contribution in [-0.2, 0) is 9.47 Å². The molecular weight excluding hydrogens is 299 g/mol. The molecule has 0 atom stereocenters. The second-order valence-electron chi connectivity index (χ2n) is 6.19. The maximum atomic E-state index is 14.2. The van der Waals surface area contributed by atoms with Crippen LogP contribution in [0.5, 0.6) is 0 Å². The molecule has 0 radical (unpaired) electrons. The standard InChI is InChI=1S/C17H19FN2O3/c1-11-14(15-12(18)3-2-4-13(15)19-11)16(21)20-7-5-17(6-8-20)22-9-10-23-17/h2-4,19H,5-10H2,1H3. The monoisotopic (exact) mass is 318 g/mol. The number of hydrogen-bond donors (Lipinski definition) is 1. The normalized spacial score (nSPS) is 20.5. The molecule has 0 aliphatic carbocycles. The fourth-order valence-electron chi connectivity index (χ4n) is 3.60. The second kappa shape index (κ2) is 5.32. The average Bonchev–Trinajstić information content (AvgIpc) is 3.12. The first-order chi connectivity index (χ1) is 11.1. The van der Waals surface area contributed by atoms with Crippen molar-refractivity contribution >= 4 is 16.8 Å². The number of piperidine rings is 1. The summed E-state index contributed by atoms with van der Waals surface area (Å²) in [5.41, 5.74) is 1.79. The number of H-pyrrole nitrogens is 1. The van der Waals surface area contributed by atoms with Crippen LogP contribution in [0.1, 0.15) is 28.9 Å². The summed E-state index contributed by atoms with van der Waals surface area (Å²) >= 11 is 0. The van der Waals surface area contributed by atoms with Crippen LogP contribution >= 0.6 is 0 Å². The van der Waals surface area contributed by atoms with Crippen molar-refractivity contribution in [3.05, 3.63) is 35.3 Å². The van der Waals surface area contributed by atoms with Gasteiger partial charge in [-0.05, 0) is 19.1 Å². The summed E-state index contributed by atoms with van der Waals surface area (Å²) in [6.45, 7) is 4.14. The number of nitrogens with zero attached hydrogens (tertiary/aromatic N) is 1. The van der Waals surface area contributed by atoms with Crippen molar-refractivity contribution in [2.24, 2.45) is 0 Å². The molecule has 2 saturated heterocycles. The van der Waals surface area contributed by atoms with Crippen molar-refractivity contribution in [2.75, 3.05) is 26.3 Å². The minimum atomic E-state index is -0.517. The Morgan fingerprint density at radius 3 is 2.65 bits per heavy atom. The summed E-state index contributed by atoms with van der Waals surface area (Å²) in [5, 5.41) is 0.378. The molecule has 0 bridgehead atoms. The quantitative estimate of drug-likeness (QED) is 0.879. The molecule has 3 heterocycles. The van der Waals surface area contributed by atoms with Gasteiger partial charge in [-0.3, -0.25) is 4.79 Å². The zero-order valence-corrected chi connectivity index (χ0v) is 13.0. The number of nitrogens with one attached hydrogen (secondary N) is 1. The first kappa shape index (κ1) is 14.7. The first-order valence-electron chi connectivity index (χ1n) is 7.94. The molecule has 6 heteroatoms. The molecule has 2 aliphatic rings. The third-order valence-corrected chi connectivity index (χ3v) is 4.80. The van der Waals surface area contributed by atoms with Gasteiger partial charge in [0.15, 0.2) is 5.79 Å². The fraction of sp³-hybridized carbons (Fsp3) is 0.471. The smallest absolute Gasteiger partial charge is 0.256 e. The van der Waals surface area contributed by atoms with Gasteiger partial charge in [-0.1, -0.05) is 6.07 Å².